The van der Waals surface area contributed by atoms with Crippen LogP contribution in [0.3, 0.4) is 0 Å². The van der Waals surface area contributed by atoms with Crippen LogP contribution in [0.5, 0.6) is 11.5 Å². The van der Waals surface area contributed by atoms with Crippen molar-refractivity contribution in [3.05, 3.63) is 35.9 Å². The van der Waals surface area contributed by atoms with E-state index in [4.69, 9.17) is 14.3 Å². The molecule has 0 spiro atoms. The topological polar surface area (TPSA) is 54.4 Å². The molecule has 0 radical (unpaired) electrons. The van der Waals surface area contributed by atoms with Crippen LogP contribution in [0.15, 0.2) is 30.4 Å². The number of rotatable bonds is 8. The second-order valence-corrected chi connectivity index (χ2v) is 6.52. The highest BCUT2D eigenvalue weighted by atomic mass is 16.7. The summed E-state index contributed by atoms with van der Waals surface area (Å²) >= 11 is 0. The lowest BCUT2D eigenvalue weighted by Gasteiger charge is -2.25. The summed E-state index contributed by atoms with van der Waals surface area (Å²) in [5, 5.41) is 12.2. The summed E-state index contributed by atoms with van der Waals surface area (Å²) in [6, 6.07) is 5.89. The minimum atomic E-state index is -0.526. The maximum absolute atomic E-state index is 10.3. The Bertz CT molecular complexity index is 573. The van der Waals surface area contributed by atoms with Crippen molar-refractivity contribution in [3.8, 4) is 11.5 Å². The average Bonchev–Trinajstić information content (AvgIpc) is 3.14. The van der Waals surface area contributed by atoms with Crippen molar-refractivity contribution in [2.45, 2.75) is 25.5 Å². The molecule has 0 aromatic heterocycles. The summed E-state index contributed by atoms with van der Waals surface area (Å²) in [6.45, 7) is 5.22. The van der Waals surface area contributed by atoms with Gasteiger partial charge in [-0.2, -0.15) is 5.06 Å². The van der Waals surface area contributed by atoms with Gasteiger partial charge >= 0.3 is 0 Å². The maximum atomic E-state index is 10.3. The standard InChI is InChI=1S/C19H28N2O4/c1-23-18-7-6-16(13-21-10-5-11-25-21)12-19(18)24-15-17(22)14-20-8-3-2-4-9-20/h2-3,6-7,12,17,22H,4-5,8-11,13-15H2,1H3. The lowest BCUT2D eigenvalue weighted by atomic mass is 10.2. The number of hydrogen-bond donors (Lipinski definition) is 1. The second-order valence-electron chi connectivity index (χ2n) is 6.52. The molecule has 2 heterocycles. The van der Waals surface area contributed by atoms with Crippen LogP contribution >= 0.6 is 0 Å². The molecule has 1 aromatic rings. The van der Waals surface area contributed by atoms with Crippen LogP contribution in [0.25, 0.3) is 0 Å². The molecule has 6 nitrogen and oxygen atoms in total. The van der Waals surface area contributed by atoms with Crippen molar-refractivity contribution in [3.63, 3.8) is 0 Å². The van der Waals surface area contributed by atoms with Crippen molar-refractivity contribution in [1.82, 2.24) is 9.96 Å². The zero-order valence-corrected chi connectivity index (χ0v) is 14.9. The summed E-state index contributed by atoms with van der Waals surface area (Å²) in [4.78, 5) is 7.77. The largest absolute Gasteiger partial charge is 0.493 e. The molecule has 3 rings (SSSR count). The Morgan fingerprint density at radius 1 is 1.24 bits per heavy atom. The number of nitrogens with zero attached hydrogens (tertiary/aromatic N) is 2. The first-order valence-electron chi connectivity index (χ1n) is 8.97. The van der Waals surface area contributed by atoms with E-state index in [0.717, 1.165) is 51.2 Å². The number of hydrogen-bond acceptors (Lipinski definition) is 6. The highest BCUT2D eigenvalue weighted by molar-refractivity contribution is 5.43. The molecular weight excluding hydrogens is 320 g/mol. The Morgan fingerprint density at radius 3 is 2.88 bits per heavy atom. The number of aliphatic hydroxyl groups excluding tert-OH is 1. The molecule has 1 N–H and O–H groups in total. The first-order chi connectivity index (χ1) is 12.2. The van der Waals surface area contributed by atoms with Crippen LogP contribution in [0.2, 0.25) is 0 Å². The van der Waals surface area contributed by atoms with Gasteiger partial charge < -0.3 is 14.6 Å². The van der Waals surface area contributed by atoms with Crippen molar-refractivity contribution in [1.29, 1.82) is 0 Å². The zero-order valence-electron chi connectivity index (χ0n) is 14.9. The monoisotopic (exact) mass is 348 g/mol. The van der Waals surface area contributed by atoms with Crippen molar-refractivity contribution in [2.75, 3.05) is 46.5 Å². The first-order valence-corrected chi connectivity index (χ1v) is 8.97. The molecule has 0 bridgehead atoms. The van der Waals surface area contributed by atoms with Gasteiger partial charge in [0.15, 0.2) is 11.5 Å². The summed E-state index contributed by atoms with van der Waals surface area (Å²) in [5.41, 5.74) is 1.10. The third-order valence-electron chi connectivity index (χ3n) is 4.46. The van der Waals surface area contributed by atoms with Gasteiger partial charge in [-0.25, -0.2) is 0 Å². The van der Waals surface area contributed by atoms with E-state index in [-0.39, 0.29) is 6.61 Å². The van der Waals surface area contributed by atoms with Crippen molar-refractivity contribution >= 4 is 0 Å². The van der Waals surface area contributed by atoms with Crippen LogP contribution in [0.4, 0.5) is 0 Å². The van der Waals surface area contributed by atoms with Gasteiger partial charge in [0, 0.05) is 32.7 Å². The predicted octanol–water partition coefficient (Wildman–Crippen LogP) is 1.83. The molecule has 2 aliphatic heterocycles. The highest BCUT2D eigenvalue weighted by Gasteiger charge is 2.16. The number of β-amino-alcohol motifs (C(OH)–C–C–N with tert-alkyl or cyclic N) is 1. The molecule has 0 amide bonds. The van der Waals surface area contributed by atoms with E-state index in [1.54, 1.807) is 7.11 Å². The lowest BCUT2D eigenvalue weighted by Crippen LogP contribution is -2.37. The zero-order chi connectivity index (χ0) is 17.5. The Balaban J connectivity index is 1.54. The van der Waals surface area contributed by atoms with E-state index >= 15 is 0 Å². The summed E-state index contributed by atoms with van der Waals surface area (Å²) in [5.74, 6) is 1.34. The van der Waals surface area contributed by atoms with E-state index in [0.29, 0.717) is 18.0 Å². The van der Waals surface area contributed by atoms with E-state index in [1.165, 1.54) is 0 Å². The molecule has 1 atom stereocenters. The Morgan fingerprint density at radius 2 is 2.16 bits per heavy atom. The fraction of sp³-hybridized carbons (Fsp3) is 0.579. The third kappa shape index (κ3) is 5.44. The molecule has 0 saturated carbocycles. The SMILES string of the molecule is COc1ccc(CN2CCCO2)cc1OCC(O)CN1CC=CCC1. The van der Waals surface area contributed by atoms with E-state index in [2.05, 4.69) is 17.1 Å². The molecular formula is C19H28N2O4. The fourth-order valence-electron chi connectivity index (χ4n) is 3.15. The Hall–Kier alpha value is -1.60. The molecule has 138 valence electrons. The number of aliphatic hydroxyl groups is 1. The molecule has 1 aromatic carbocycles. The quantitative estimate of drug-likeness (QED) is 0.724. The van der Waals surface area contributed by atoms with Gasteiger partial charge in [-0.05, 0) is 30.5 Å². The summed E-state index contributed by atoms with van der Waals surface area (Å²) in [6.07, 6.45) is 5.91. The molecule has 2 aliphatic rings. The van der Waals surface area contributed by atoms with Crippen LogP contribution in [-0.2, 0) is 11.4 Å². The van der Waals surface area contributed by atoms with Gasteiger partial charge in [-0.15, -0.1) is 0 Å². The van der Waals surface area contributed by atoms with Crippen LogP contribution in [0.1, 0.15) is 18.4 Å². The van der Waals surface area contributed by atoms with Crippen LogP contribution in [0, 0.1) is 0 Å². The van der Waals surface area contributed by atoms with Crippen molar-refractivity contribution < 1.29 is 19.4 Å². The number of hydroxylamine groups is 2. The minimum Gasteiger partial charge on any atom is -0.493 e. The molecule has 6 heteroatoms. The van der Waals surface area contributed by atoms with Crippen LogP contribution in [-0.4, -0.2) is 67.7 Å². The van der Waals surface area contributed by atoms with E-state index in [9.17, 15) is 5.11 Å². The number of benzene rings is 1. The Kier molecular flexibility index (Phi) is 6.69. The fourth-order valence-corrected chi connectivity index (χ4v) is 3.15. The number of methoxy groups -OCH3 is 1. The third-order valence-corrected chi connectivity index (χ3v) is 4.46. The maximum Gasteiger partial charge on any atom is 0.161 e. The van der Waals surface area contributed by atoms with Crippen LogP contribution < -0.4 is 9.47 Å². The highest BCUT2D eigenvalue weighted by Crippen LogP contribution is 2.29. The van der Waals surface area contributed by atoms with Gasteiger partial charge in [-0.1, -0.05) is 18.2 Å². The van der Waals surface area contributed by atoms with Gasteiger partial charge in [-0.3, -0.25) is 9.74 Å². The smallest absolute Gasteiger partial charge is 0.161 e. The van der Waals surface area contributed by atoms with E-state index < -0.39 is 6.10 Å². The predicted molar refractivity (Wildman–Crippen MR) is 95.7 cm³/mol. The van der Waals surface area contributed by atoms with Gasteiger partial charge in [0.1, 0.15) is 12.7 Å². The molecule has 1 unspecified atom stereocenters. The molecule has 1 saturated heterocycles. The number of ether oxygens (including phenoxy) is 2. The van der Waals surface area contributed by atoms with Crippen molar-refractivity contribution in [2.24, 2.45) is 0 Å². The Labute approximate surface area is 149 Å². The van der Waals surface area contributed by atoms with E-state index in [1.807, 2.05) is 23.3 Å². The molecule has 25 heavy (non-hydrogen) atoms. The molecule has 0 aliphatic carbocycles. The first kappa shape index (κ1) is 18.2. The second kappa shape index (κ2) is 9.20. The van der Waals surface area contributed by atoms with Gasteiger partial charge in [0.2, 0.25) is 0 Å². The summed E-state index contributed by atoms with van der Waals surface area (Å²) in [7, 11) is 1.63. The summed E-state index contributed by atoms with van der Waals surface area (Å²) < 4.78 is 11.2. The lowest BCUT2D eigenvalue weighted by molar-refractivity contribution is -0.117. The molecule has 1 fully saturated rings. The minimum absolute atomic E-state index is 0.250. The van der Waals surface area contributed by atoms with Gasteiger partial charge in [0.05, 0.1) is 13.7 Å². The average molecular weight is 348 g/mol. The van der Waals surface area contributed by atoms with Gasteiger partial charge in [0.25, 0.3) is 0 Å². The normalized spacial score (nSPS) is 19.9.